The van der Waals surface area contributed by atoms with Crippen LogP contribution < -0.4 is 0 Å². The molecule has 0 aliphatic heterocycles. The second-order valence-corrected chi connectivity index (χ2v) is 4.83. The van der Waals surface area contributed by atoms with Crippen molar-refractivity contribution < 1.29 is 14.6 Å². The number of carbonyl (C=O) groups is 1. The molecule has 0 amide bonds. The molecule has 0 spiro atoms. The molecule has 96 valence electrons. The van der Waals surface area contributed by atoms with Crippen LogP contribution in [0.4, 0.5) is 0 Å². The molecule has 0 atom stereocenters. The van der Waals surface area contributed by atoms with Crippen molar-refractivity contribution >= 4 is 5.97 Å². The minimum absolute atomic E-state index is 0.0579. The van der Waals surface area contributed by atoms with Crippen molar-refractivity contribution in [3.05, 3.63) is 17.5 Å². The van der Waals surface area contributed by atoms with Crippen LogP contribution in [0.1, 0.15) is 43.9 Å². The fourth-order valence-corrected chi connectivity index (χ4v) is 1.42. The first-order valence-corrected chi connectivity index (χ1v) is 5.76. The van der Waals surface area contributed by atoms with Crippen molar-refractivity contribution in [2.45, 2.75) is 39.7 Å². The van der Waals surface area contributed by atoms with Gasteiger partial charge in [-0.25, -0.2) is 4.79 Å². The van der Waals surface area contributed by atoms with Crippen LogP contribution in [0.15, 0.2) is 6.07 Å². The fourth-order valence-electron chi connectivity index (χ4n) is 1.42. The van der Waals surface area contributed by atoms with Crippen LogP contribution in [0, 0.1) is 0 Å². The molecule has 17 heavy (non-hydrogen) atoms. The lowest BCUT2D eigenvalue weighted by Gasteiger charge is -2.14. The monoisotopic (exact) mass is 240 g/mol. The summed E-state index contributed by atoms with van der Waals surface area (Å²) in [5.41, 5.74) is 1.07. The largest absolute Gasteiger partial charge is 0.461 e. The summed E-state index contributed by atoms with van der Waals surface area (Å²) in [5, 5.41) is 13.3. The van der Waals surface area contributed by atoms with Gasteiger partial charge in [-0.3, -0.25) is 4.68 Å². The molecule has 0 aromatic carbocycles. The van der Waals surface area contributed by atoms with E-state index >= 15 is 0 Å². The SMILES string of the molecule is CCOC(=O)c1cc(C(C)(C)C)nn1CCO. The van der Waals surface area contributed by atoms with E-state index in [1.165, 1.54) is 4.68 Å². The fraction of sp³-hybridized carbons (Fsp3) is 0.667. The molecule has 0 saturated carbocycles. The number of ether oxygens (including phenoxy) is 1. The van der Waals surface area contributed by atoms with Crippen LogP contribution in [0.2, 0.25) is 0 Å². The Morgan fingerprint density at radius 2 is 2.18 bits per heavy atom. The van der Waals surface area contributed by atoms with E-state index in [2.05, 4.69) is 5.10 Å². The molecule has 1 aromatic rings. The summed E-state index contributed by atoms with van der Waals surface area (Å²) >= 11 is 0. The Balaban J connectivity index is 3.09. The van der Waals surface area contributed by atoms with E-state index in [1.54, 1.807) is 13.0 Å². The van der Waals surface area contributed by atoms with Crippen LogP contribution in [0.5, 0.6) is 0 Å². The average molecular weight is 240 g/mol. The van der Waals surface area contributed by atoms with Gasteiger partial charge in [-0.15, -0.1) is 0 Å². The van der Waals surface area contributed by atoms with Gasteiger partial charge in [-0.1, -0.05) is 20.8 Å². The third-order valence-electron chi connectivity index (χ3n) is 2.34. The van der Waals surface area contributed by atoms with E-state index < -0.39 is 5.97 Å². The van der Waals surface area contributed by atoms with Crippen molar-refractivity contribution in [2.75, 3.05) is 13.2 Å². The molecule has 5 nitrogen and oxygen atoms in total. The maximum Gasteiger partial charge on any atom is 0.356 e. The van der Waals surface area contributed by atoms with Gasteiger partial charge >= 0.3 is 5.97 Å². The van der Waals surface area contributed by atoms with Gasteiger partial charge in [-0.05, 0) is 13.0 Å². The summed E-state index contributed by atoms with van der Waals surface area (Å²) in [4.78, 5) is 11.7. The summed E-state index contributed by atoms with van der Waals surface area (Å²) in [7, 11) is 0. The lowest BCUT2D eigenvalue weighted by molar-refractivity contribution is 0.0510. The van der Waals surface area contributed by atoms with Gasteiger partial charge < -0.3 is 9.84 Å². The van der Waals surface area contributed by atoms with Gasteiger partial charge in [0.1, 0.15) is 5.69 Å². The molecule has 0 saturated heterocycles. The maximum absolute atomic E-state index is 11.7. The van der Waals surface area contributed by atoms with Gasteiger partial charge in [0.2, 0.25) is 0 Å². The van der Waals surface area contributed by atoms with Gasteiger partial charge in [0.25, 0.3) is 0 Å². The van der Waals surface area contributed by atoms with Crippen molar-refractivity contribution in [3.63, 3.8) is 0 Å². The van der Waals surface area contributed by atoms with Crippen molar-refractivity contribution in [1.82, 2.24) is 9.78 Å². The number of aromatic nitrogens is 2. The summed E-state index contributed by atoms with van der Waals surface area (Å²) < 4.78 is 6.46. The molecule has 0 fully saturated rings. The highest BCUT2D eigenvalue weighted by Gasteiger charge is 2.23. The van der Waals surface area contributed by atoms with Crippen LogP contribution in [0.25, 0.3) is 0 Å². The lowest BCUT2D eigenvalue weighted by atomic mass is 9.92. The Labute approximate surface area is 101 Å². The average Bonchev–Trinajstić information content (AvgIpc) is 2.62. The molecular formula is C12H20N2O3. The zero-order chi connectivity index (χ0) is 13.1. The molecule has 1 rings (SSSR count). The highest BCUT2D eigenvalue weighted by atomic mass is 16.5. The molecule has 5 heteroatoms. The summed E-state index contributed by atoms with van der Waals surface area (Å²) in [5.74, 6) is -0.399. The molecular weight excluding hydrogens is 220 g/mol. The molecule has 0 aliphatic carbocycles. The first kappa shape index (κ1) is 13.7. The standard InChI is InChI=1S/C12H20N2O3/c1-5-17-11(16)9-8-10(12(2,3)4)13-14(9)6-7-15/h8,15H,5-7H2,1-4H3. The molecule has 0 aliphatic rings. The number of carbonyl (C=O) groups excluding carboxylic acids is 1. The number of hydrogen-bond donors (Lipinski definition) is 1. The first-order valence-electron chi connectivity index (χ1n) is 5.76. The lowest BCUT2D eigenvalue weighted by Crippen LogP contribution is -2.16. The minimum Gasteiger partial charge on any atom is -0.461 e. The minimum atomic E-state index is -0.399. The number of aliphatic hydroxyl groups excluding tert-OH is 1. The zero-order valence-corrected chi connectivity index (χ0v) is 10.9. The van der Waals surface area contributed by atoms with Gasteiger partial charge in [0.15, 0.2) is 0 Å². The molecule has 0 bridgehead atoms. The predicted molar refractivity (Wildman–Crippen MR) is 64.0 cm³/mol. The molecule has 0 unspecified atom stereocenters. The van der Waals surface area contributed by atoms with Gasteiger partial charge in [0, 0.05) is 5.41 Å². The molecule has 1 N–H and O–H groups in total. The van der Waals surface area contributed by atoms with E-state index in [0.29, 0.717) is 18.8 Å². The van der Waals surface area contributed by atoms with E-state index in [9.17, 15) is 4.79 Å². The van der Waals surface area contributed by atoms with Crippen molar-refractivity contribution in [3.8, 4) is 0 Å². The number of hydrogen-bond acceptors (Lipinski definition) is 4. The molecule has 0 radical (unpaired) electrons. The van der Waals surface area contributed by atoms with Crippen molar-refractivity contribution in [2.24, 2.45) is 0 Å². The molecule has 1 aromatic heterocycles. The normalized spacial score (nSPS) is 11.6. The predicted octanol–water partition coefficient (Wildman–Crippen LogP) is 1.35. The van der Waals surface area contributed by atoms with E-state index in [4.69, 9.17) is 9.84 Å². The Morgan fingerprint density at radius 3 is 2.65 bits per heavy atom. The first-order chi connectivity index (χ1) is 7.90. The van der Waals surface area contributed by atoms with Crippen LogP contribution in [-0.4, -0.2) is 34.1 Å². The quantitative estimate of drug-likeness (QED) is 0.807. The van der Waals surface area contributed by atoms with E-state index in [-0.39, 0.29) is 12.0 Å². The maximum atomic E-state index is 11.7. The Kier molecular flexibility index (Phi) is 4.28. The molecule has 1 heterocycles. The van der Waals surface area contributed by atoms with E-state index in [1.807, 2.05) is 20.8 Å². The van der Waals surface area contributed by atoms with Crippen molar-refractivity contribution in [1.29, 1.82) is 0 Å². The third-order valence-corrected chi connectivity index (χ3v) is 2.34. The number of aliphatic hydroxyl groups is 1. The second-order valence-electron chi connectivity index (χ2n) is 4.83. The summed E-state index contributed by atoms with van der Waals surface area (Å²) in [6.07, 6.45) is 0. The topological polar surface area (TPSA) is 64.3 Å². The van der Waals surface area contributed by atoms with Crippen LogP contribution >= 0.6 is 0 Å². The number of nitrogens with zero attached hydrogens (tertiary/aromatic N) is 2. The highest BCUT2D eigenvalue weighted by Crippen LogP contribution is 2.22. The Hall–Kier alpha value is -1.36. The second kappa shape index (κ2) is 5.31. The summed E-state index contributed by atoms with van der Waals surface area (Å²) in [6.45, 7) is 8.39. The number of esters is 1. The Morgan fingerprint density at radius 1 is 1.53 bits per heavy atom. The van der Waals surface area contributed by atoms with E-state index in [0.717, 1.165) is 5.69 Å². The highest BCUT2D eigenvalue weighted by molar-refractivity contribution is 5.87. The van der Waals surface area contributed by atoms with Crippen LogP contribution in [-0.2, 0) is 16.7 Å². The van der Waals surface area contributed by atoms with Gasteiger partial charge in [-0.2, -0.15) is 5.10 Å². The zero-order valence-electron chi connectivity index (χ0n) is 10.9. The third kappa shape index (κ3) is 3.30. The number of rotatable bonds is 4. The Bertz CT molecular complexity index is 391. The smallest absolute Gasteiger partial charge is 0.356 e. The van der Waals surface area contributed by atoms with Gasteiger partial charge in [0.05, 0.1) is 25.5 Å². The van der Waals surface area contributed by atoms with Crippen LogP contribution in [0.3, 0.4) is 0 Å². The summed E-state index contributed by atoms with van der Waals surface area (Å²) in [6, 6.07) is 1.73.